The highest BCUT2D eigenvalue weighted by molar-refractivity contribution is 5.99. The smallest absolute Gasteiger partial charge is 0.245 e. The van der Waals surface area contributed by atoms with Crippen LogP contribution >= 0.6 is 0 Å². The number of amides is 1. The van der Waals surface area contributed by atoms with Gasteiger partial charge in [0.2, 0.25) is 5.91 Å². The number of hydrogen-bond acceptors (Lipinski definition) is 8. The van der Waals surface area contributed by atoms with E-state index in [1.54, 1.807) is 24.4 Å². The zero-order valence-electron chi connectivity index (χ0n) is 22.4. The zero-order chi connectivity index (χ0) is 28.7. The monoisotopic (exact) mass is 537 g/mol. The third kappa shape index (κ3) is 5.02. The van der Waals surface area contributed by atoms with Gasteiger partial charge in [0.1, 0.15) is 29.2 Å². The molecule has 2 heterocycles. The van der Waals surface area contributed by atoms with Crippen LogP contribution in [-0.2, 0) is 10.3 Å². The van der Waals surface area contributed by atoms with E-state index in [1.807, 2.05) is 6.07 Å². The van der Waals surface area contributed by atoms with Crippen LogP contribution in [0.15, 0.2) is 48.8 Å². The zero-order valence-corrected chi connectivity index (χ0v) is 22.4. The summed E-state index contributed by atoms with van der Waals surface area (Å²) in [6.45, 7) is 6.82. The summed E-state index contributed by atoms with van der Waals surface area (Å²) in [6, 6.07) is 13.2. The molecule has 0 aliphatic heterocycles. The number of rotatable bonds is 8. The van der Waals surface area contributed by atoms with E-state index in [0.29, 0.717) is 64.0 Å². The van der Waals surface area contributed by atoms with Crippen molar-refractivity contribution < 1.29 is 9.18 Å². The molecule has 1 aliphatic rings. The molecule has 0 spiro atoms. The van der Waals surface area contributed by atoms with Crippen molar-refractivity contribution in [2.24, 2.45) is 11.1 Å². The van der Waals surface area contributed by atoms with E-state index in [2.05, 4.69) is 58.8 Å². The molecule has 1 aliphatic carbocycles. The van der Waals surface area contributed by atoms with E-state index in [9.17, 15) is 19.7 Å². The second kappa shape index (κ2) is 9.93. The Kier molecular flexibility index (Phi) is 6.60. The van der Waals surface area contributed by atoms with Crippen molar-refractivity contribution in [1.29, 1.82) is 10.5 Å². The molecule has 1 atom stereocenters. The number of hydrogen-bond donors (Lipinski definition) is 3. The Bertz CT molecular complexity index is 1690. The maximum atomic E-state index is 13.8. The lowest BCUT2D eigenvalue weighted by Crippen LogP contribution is -2.34. The van der Waals surface area contributed by atoms with Crippen molar-refractivity contribution in [3.8, 4) is 12.1 Å². The number of nitrogens with one attached hydrogen (secondary N) is 2. The molecular weight excluding hydrogens is 509 g/mol. The normalized spacial score (nSPS) is 14.7. The number of benzene rings is 2. The van der Waals surface area contributed by atoms with E-state index < -0.39 is 17.5 Å². The topological polar surface area (TPSA) is 158 Å². The van der Waals surface area contributed by atoms with Crippen molar-refractivity contribution in [3.05, 3.63) is 77.0 Å². The Morgan fingerprint density at radius 1 is 1.18 bits per heavy atom. The lowest BCUT2D eigenvalue weighted by molar-refractivity contribution is -0.122. The summed E-state index contributed by atoms with van der Waals surface area (Å²) < 4.78 is 15.3. The van der Waals surface area contributed by atoms with Crippen molar-refractivity contribution in [1.82, 2.24) is 20.0 Å². The van der Waals surface area contributed by atoms with Gasteiger partial charge in [-0.15, -0.1) is 5.10 Å². The Hall–Kier alpha value is -5.03. The highest BCUT2D eigenvalue weighted by Crippen LogP contribution is 2.43. The van der Waals surface area contributed by atoms with Gasteiger partial charge in [0.25, 0.3) is 0 Å². The SMILES string of the molecule is CC(C)(C)CNc1c(C#N)cnc2c(C#N)cc(N[C@@H](c3ccc(F)cc3)c3cn(C4(C(N)=O)CC4)nn3)cc12. The van der Waals surface area contributed by atoms with Crippen LogP contribution in [0.3, 0.4) is 0 Å². The lowest BCUT2D eigenvalue weighted by atomic mass is 9.96. The Balaban J connectivity index is 1.61. The Morgan fingerprint density at radius 2 is 1.88 bits per heavy atom. The second-order valence-corrected chi connectivity index (χ2v) is 11.2. The summed E-state index contributed by atoms with van der Waals surface area (Å²) in [6.07, 6.45) is 4.28. The first-order valence-electron chi connectivity index (χ1n) is 12.8. The molecule has 1 fully saturated rings. The molecule has 2 aromatic carbocycles. The Labute approximate surface area is 230 Å². The van der Waals surface area contributed by atoms with Gasteiger partial charge in [-0.2, -0.15) is 10.5 Å². The van der Waals surface area contributed by atoms with Crippen molar-refractivity contribution >= 4 is 28.2 Å². The number of anilines is 2. The van der Waals surface area contributed by atoms with Gasteiger partial charge in [-0.1, -0.05) is 38.1 Å². The second-order valence-electron chi connectivity index (χ2n) is 11.2. The van der Waals surface area contributed by atoms with Crippen molar-refractivity contribution in [2.45, 2.75) is 45.2 Å². The number of nitrogens with two attached hydrogens (primary N) is 1. The van der Waals surface area contributed by atoms with E-state index in [-0.39, 0.29) is 11.2 Å². The predicted molar refractivity (Wildman–Crippen MR) is 147 cm³/mol. The molecule has 2 aromatic heterocycles. The minimum absolute atomic E-state index is 0.0699. The van der Waals surface area contributed by atoms with E-state index in [0.717, 1.165) is 0 Å². The molecule has 0 radical (unpaired) electrons. The molecule has 11 heteroatoms. The summed E-state index contributed by atoms with van der Waals surface area (Å²) in [4.78, 5) is 16.5. The van der Waals surface area contributed by atoms with Crippen LogP contribution in [0.1, 0.15) is 62.0 Å². The van der Waals surface area contributed by atoms with Crippen molar-refractivity contribution in [2.75, 3.05) is 17.2 Å². The van der Waals surface area contributed by atoms with Gasteiger partial charge in [-0.3, -0.25) is 9.78 Å². The van der Waals surface area contributed by atoms with Crippen LogP contribution in [0, 0.1) is 33.9 Å². The fourth-order valence-corrected chi connectivity index (χ4v) is 4.58. The van der Waals surface area contributed by atoms with E-state index in [1.165, 1.54) is 23.0 Å². The number of fused-ring (bicyclic) bond motifs is 1. The van der Waals surface area contributed by atoms with Crippen molar-refractivity contribution in [3.63, 3.8) is 0 Å². The van der Waals surface area contributed by atoms with Gasteiger partial charge in [0.05, 0.1) is 34.6 Å². The third-order valence-electron chi connectivity index (χ3n) is 6.95. The summed E-state index contributed by atoms with van der Waals surface area (Å²) in [7, 11) is 0. The Morgan fingerprint density at radius 3 is 2.48 bits per heavy atom. The van der Waals surface area contributed by atoms with Gasteiger partial charge in [0.15, 0.2) is 0 Å². The largest absolute Gasteiger partial charge is 0.383 e. The fraction of sp³-hybridized carbons (Fsp3) is 0.310. The maximum absolute atomic E-state index is 13.8. The molecule has 40 heavy (non-hydrogen) atoms. The molecule has 202 valence electrons. The molecule has 4 aromatic rings. The van der Waals surface area contributed by atoms with Crippen LogP contribution in [0.2, 0.25) is 0 Å². The molecule has 0 saturated heterocycles. The number of halogens is 1. The standard InChI is InChI=1S/C29H28FN9O/c1-28(2,3)16-35-25-19(13-32)14-34-24-18(12-31)10-21(11-22(24)25)36-26(17-4-6-20(30)7-5-17)23-15-39(38-37-23)29(8-9-29)27(33)40/h4-7,10-11,14-15,26,36H,8-9,16H2,1-3H3,(H2,33,40)(H,34,35)/t26-/m0/s1. The van der Waals surface area contributed by atoms with Crippen LogP contribution in [0.25, 0.3) is 10.9 Å². The van der Waals surface area contributed by atoms with Gasteiger partial charge < -0.3 is 16.4 Å². The number of carbonyl (C=O) groups excluding carboxylic acids is 1. The number of nitrogens with zero attached hydrogens (tertiary/aromatic N) is 6. The van der Waals surface area contributed by atoms with Gasteiger partial charge in [-0.05, 0) is 48.1 Å². The lowest BCUT2D eigenvalue weighted by Gasteiger charge is -2.22. The molecule has 0 bridgehead atoms. The van der Waals surface area contributed by atoms with Crippen LogP contribution in [-0.4, -0.2) is 32.4 Å². The molecule has 5 rings (SSSR count). The average Bonchev–Trinajstić information content (AvgIpc) is 3.60. The summed E-state index contributed by atoms with van der Waals surface area (Å²) in [5.41, 5.74) is 8.11. The number of pyridine rings is 1. The van der Waals surface area contributed by atoms with Crippen LogP contribution < -0.4 is 16.4 Å². The minimum atomic E-state index is -0.886. The first-order valence-corrected chi connectivity index (χ1v) is 12.8. The highest BCUT2D eigenvalue weighted by Gasteiger charge is 2.52. The summed E-state index contributed by atoms with van der Waals surface area (Å²) in [5, 5.41) is 35.7. The first kappa shape index (κ1) is 26.6. The fourth-order valence-electron chi connectivity index (χ4n) is 4.58. The van der Waals surface area contributed by atoms with Gasteiger partial charge >= 0.3 is 0 Å². The van der Waals surface area contributed by atoms with Crippen LogP contribution in [0.4, 0.5) is 15.8 Å². The molecule has 1 amide bonds. The molecule has 10 nitrogen and oxygen atoms in total. The quantitative estimate of drug-likeness (QED) is 0.299. The summed E-state index contributed by atoms with van der Waals surface area (Å²) in [5.74, 6) is -0.863. The number of carbonyl (C=O) groups is 1. The highest BCUT2D eigenvalue weighted by atomic mass is 19.1. The molecule has 4 N–H and O–H groups in total. The van der Waals surface area contributed by atoms with Gasteiger partial charge in [0, 0.05) is 23.8 Å². The number of primary amides is 1. The third-order valence-corrected chi connectivity index (χ3v) is 6.95. The number of nitriles is 2. The average molecular weight is 538 g/mol. The minimum Gasteiger partial charge on any atom is -0.383 e. The number of aromatic nitrogens is 4. The predicted octanol–water partition coefficient (Wildman–Crippen LogP) is 4.34. The first-order chi connectivity index (χ1) is 19.0. The molecular formula is C29H28FN9O. The van der Waals surface area contributed by atoms with E-state index in [4.69, 9.17) is 5.73 Å². The summed E-state index contributed by atoms with van der Waals surface area (Å²) >= 11 is 0. The van der Waals surface area contributed by atoms with E-state index >= 15 is 0 Å². The van der Waals surface area contributed by atoms with Crippen LogP contribution in [0.5, 0.6) is 0 Å². The molecule has 0 unspecified atom stereocenters. The van der Waals surface area contributed by atoms with Gasteiger partial charge in [-0.25, -0.2) is 9.07 Å². The molecule has 1 saturated carbocycles. The maximum Gasteiger partial charge on any atom is 0.245 e.